The quantitative estimate of drug-likeness (QED) is 0.851. The molecule has 0 saturated carbocycles. The van der Waals surface area contributed by atoms with Gasteiger partial charge in [-0.1, -0.05) is 31.3 Å². The number of carbonyl (C=O) groups is 1. The van der Waals surface area contributed by atoms with E-state index in [1.165, 1.54) is 16.9 Å². The Morgan fingerprint density at radius 1 is 1.47 bits per heavy atom. The van der Waals surface area contributed by atoms with Gasteiger partial charge in [-0.2, -0.15) is 0 Å². The fourth-order valence-corrected chi connectivity index (χ4v) is 2.71. The second-order valence-corrected chi connectivity index (χ2v) is 6.35. The lowest BCUT2D eigenvalue weighted by molar-refractivity contribution is -0.115. The van der Waals surface area contributed by atoms with E-state index >= 15 is 0 Å². The minimum absolute atomic E-state index is 0.220. The summed E-state index contributed by atoms with van der Waals surface area (Å²) in [5, 5.41) is 2.78. The summed E-state index contributed by atoms with van der Waals surface area (Å²) in [7, 11) is 0. The van der Waals surface area contributed by atoms with Crippen LogP contribution in [-0.4, -0.2) is 16.3 Å². The molecule has 1 N–H and O–H groups in total. The van der Waals surface area contributed by atoms with Crippen LogP contribution in [0.4, 0.5) is 5.13 Å². The molecule has 2 atom stereocenters. The van der Waals surface area contributed by atoms with Crippen molar-refractivity contribution < 1.29 is 4.79 Å². The van der Waals surface area contributed by atoms with E-state index in [9.17, 15) is 4.79 Å². The minimum Gasteiger partial charge on any atom is -0.301 e. The SMILES string of the molecule is CCC(C)c1ccc2nc(NC(=O)C(C)Cl)sc2c1. The van der Waals surface area contributed by atoms with E-state index in [4.69, 9.17) is 11.6 Å². The molecule has 0 saturated heterocycles. The zero-order valence-corrected chi connectivity index (χ0v) is 12.8. The van der Waals surface area contributed by atoms with Gasteiger partial charge in [0.15, 0.2) is 5.13 Å². The van der Waals surface area contributed by atoms with Crippen LogP contribution < -0.4 is 5.32 Å². The van der Waals surface area contributed by atoms with Gasteiger partial charge in [0, 0.05) is 0 Å². The molecular formula is C14H17ClN2OS. The van der Waals surface area contributed by atoms with Crippen molar-refractivity contribution in [3.63, 3.8) is 0 Å². The topological polar surface area (TPSA) is 42.0 Å². The number of rotatable bonds is 4. The summed E-state index contributed by atoms with van der Waals surface area (Å²) in [6.45, 7) is 6.03. The molecule has 0 spiro atoms. The molecule has 2 rings (SSSR count). The Morgan fingerprint density at radius 3 is 2.84 bits per heavy atom. The van der Waals surface area contributed by atoms with Crippen molar-refractivity contribution >= 4 is 44.2 Å². The second kappa shape index (κ2) is 5.88. The highest BCUT2D eigenvalue weighted by molar-refractivity contribution is 7.22. The van der Waals surface area contributed by atoms with Crippen molar-refractivity contribution in [3.8, 4) is 0 Å². The Kier molecular flexibility index (Phi) is 4.42. The third-order valence-corrected chi connectivity index (χ3v) is 4.32. The monoisotopic (exact) mass is 296 g/mol. The molecule has 0 bridgehead atoms. The van der Waals surface area contributed by atoms with E-state index in [2.05, 4.69) is 36.3 Å². The smallest absolute Gasteiger partial charge is 0.243 e. The molecule has 102 valence electrons. The van der Waals surface area contributed by atoms with Crippen molar-refractivity contribution in [1.82, 2.24) is 4.98 Å². The van der Waals surface area contributed by atoms with Crippen LogP contribution in [-0.2, 0) is 4.79 Å². The van der Waals surface area contributed by atoms with Gasteiger partial charge in [-0.3, -0.25) is 4.79 Å². The molecule has 0 fully saturated rings. The van der Waals surface area contributed by atoms with Gasteiger partial charge in [0.1, 0.15) is 5.38 Å². The van der Waals surface area contributed by atoms with Gasteiger partial charge in [0.2, 0.25) is 5.91 Å². The largest absolute Gasteiger partial charge is 0.301 e. The molecule has 1 heterocycles. The van der Waals surface area contributed by atoms with Crippen LogP contribution in [0.25, 0.3) is 10.2 Å². The van der Waals surface area contributed by atoms with Gasteiger partial charge < -0.3 is 5.32 Å². The number of anilines is 1. The van der Waals surface area contributed by atoms with Gasteiger partial charge in [-0.05, 0) is 37.0 Å². The lowest BCUT2D eigenvalue weighted by atomic mass is 9.99. The molecular weight excluding hydrogens is 280 g/mol. The van der Waals surface area contributed by atoms with Crippen molar-refractivity contribution in [1.29, 1.82) is 0 Å². The van der Waals surface area contributed by atoms with Crippen LogP contribution in [0, 0.1) is 0 Å². The zero-order valence-electron chi connectivity index (χ0n) is 11.2. The standard InChI is InChI=1S/C14H17ClN2OS/c1-4-8(2)10-5-6-11-12(7-10)19-14(16-11)17-13(18)9(3)15/h5-9H,4H2,1-3H3,(H,16,17,18). The number of carbonyl (C=O) groups excluding carboxylic acids is 1. The van der Waals surface area contributed by atoms with Crippen molar-refractivity contribution in [3.05, 3.63) is 23.8 Å². The molecule has 1 amide bonds. The van der Waals surface area contributed by atoms with Crippen molar-refractivity contribution in [2.24, 2.45) is 0 Å². The molecule has 1 aromatic carbocycles. The summed E-state index contributed by atoms with van der Waals surface area (Å²) in [6, 6.07) is 6.26. The first-order valence-electron chi connectivity index (χ1n) is 6.36. The number of aromatic nitrogens is 1. The number of alkyl halides is 1. The Morgan fingerprint density at radius 2 is 2.21 bits per heavy atom. The van der Waals surface area contributed by atoms with Crippen molar-refractivity contribution in [2.45, 2.75) is 38.5 Å². The first-order valence-corrected chi connectivity index (χ1v) is 7.62. The number of hydrogen-bond acceptors (Lipinski definition) is 3. The highest BCUT2D eigenvalue weighted by Gasteiger charge is 2.13. The van der Waals surface area contributed by atoms with Gasteiger partial charge in [0.05, 0.1) is 10.2 Å². The first kappa shape index (κ1) is 14.3. The molecule has 0 radical (unpaired) electrons. The number of nitrogens with one attached hydrogen (secondary N) is 1. The average Bonchev–Trinajstić information content (AvgIpc) is 2.78. The number of thiazole rings is 1. The van der Waals surface area contributed by atoms with Crippen LogP contribution in [0.3, 0.4) is 0 Å². The summed E-state index contributed by atoms with van der Waals surface area (Å²) < 4.78 is 1.09. The van der Waals surface area contributed by atoms with Crippen molar-refractivity contribution in [2.75, 3.05) is 5.32 Å². The van der Waals surface area contributed by atoms with Crippen LogP contribution >= 0.6 is 22.9 Å². The number of amides is 1. The molecule has 19 heavy (non-hydrogen) atoms. The minimum atomic E-state index is -0.553. The maximum atomic E-state index is 11.5. The van der Waals surface area contributed by atoms with Gasteiger partial charge in [-0.25, -0.2) is 4.98 Å². The predicted octanol–water partition coefficient (Wildman–Crippen LogP) is 4.38. The molecule has 1 aromatic heterocycles. The number of hydrogen-bond donors (Lipinski definition) is 1. The summed E-state index contributed by atoms with van der Waals surface area (Å²) >= 11 is 7.21. The molecule has 2 unspecified atom stereocenters. The first-order chi connectivity index (χ1) is 9.01. The van der Waals surface area contributed by atoms with E-state index in [-0.39, 0.29) is 5.91 Å². The highest BCUT2D eigenvalue weighted by Crippen LogP contribution is 2.30. The van der Waals surface area contributed by atoms with Gasteiger partial charge >= 0.3 is 0 Å². The summed E-state index contributed by atoms with van der Waals surface area (Å²) in [4.78, 5) is 15.9. The van der Waals surface area contributed by atoms with Crippen LogP contribution in [0.5, 0.6) is 0 Å². The lowest BCUT2D eigenvalue weighted by Crippen LogP contribution is -2.19. The Labute approximate surface area is 122 Å². The van der Waals surface area contributed by atoms with Crippen LogP contribution in [0.15, 0.2) is 18.2 Å². The Bertz CT molecular complexity index is 594. The number of halogens is 1. The maximum absolute atomic E-state index is 11.5. The summed E-state index contributed by atoms with van der Waals surface area (Å²) in [6.07, 6.45) is 1.11. The highest BCUT2D eigenvalue weighted by atomic mass is 35.5. The van der Waals surface area contributed by atoms with E-state index in [0.29, 0.717) is 11.0 Å². The molecule has 0 aliphatic rings. The van der Waals surface area contributed by atoms with Crippen LogP contribution in [0.2, 0.25) is 0 Å². The summed E-state index contributed by atoms with van der Waals surface area (Å²) in [5.41, 5.74) is 2.22. The van der Waals surface area contributed by atoms with E-state index < -0.39 is 5.38 Å². The predicted molar refractivity (Wildman–Crippen MR) is 82.3 cm³/mol. The Balaban J connectivity index is 2.28. The number of fused-ring (bicyclic) bond motifs is 1. The molecule has 5 heteroatoms. The maximum Gasteiger partial charge on any atom is 0.243 e. The van der Waals surface area contributed by atoms with Gasteiger partial charge in [-0.15, -0.1) is 11.6 Å². The fourth-order valence-electron chi connectivity index (χ4n) is 1.74. The third-order valence-electron chi connectivity index (χ3n) is 3.19. The molecule has 2 aromatic rings. The lowest BCUT2D eigenvalue weighted by Gasteiger charge is -2.07. The average molecular weight is 297 g/mol. The number of nitrogens with zero attached hydrogens (tertiary/aromatic N) is 1. The summed E-state index contributed by atoms with van der Waals surface area (Å²) in [5.74, 6) is 0.315. The fraction of sp³-hybridized carbons (Fsp3) is 0.429. The normalized spacial score (nSPS) is 14.3. The molecule has 3 nitrogen and oxygen atoms in total. The van der Waals surface area contributed by atoms with E-state index in [1.54, 1.807) is 6.92 Å². The Hall–Kier alpha value is -1.13. The molecule has 0 aliphatic heterocycles. The second-order valence-electron chi connectivity index (χ2n) is 4.66. The van der Waals surface area contributed by atoms with Crippen LogP contribution in [0.1, 0.15) is 38.7 Å². The molecule has 0 aliphatic carbocycles. The van der Waals surface area contributed by atoms with E-state index in [1.807, 2.05) is 6.07 Å². The number of benzene rings is 1. The van der Waals surface area contributed by atoms with Gasteiger partial charge in [0.25, 0.3) is 0 Å². The third kappa shape index (κ3) is 3.25. The zero-order chi connectivity index (χ0) is 14.0. The van der Waals surface area contributed by atoms with E-state index in [0.717, 1.165) is 16.6 Å².